The Labute approximate surface area is 831 Å². The second kappa shape index (κ2) is 33.7. The molecule has 0 radical (unpaired) electrons. The number of rotatable bonds is 16. The van der Waals surface area contributed by atoms with Crippen LogP contribution in [-0.2, 0) is 21.7 Å². The number of anilines is 12. The fraction of sp³-hybridized carbons (Fsp3) is 0.254. The molecule has 140 heavy (non-hydrogen) atoms. The summed E-state index contributed by atoms with van der Waals surface area (Å²) in [5.41, 5.74) is 34.3. The first-order chi connectivity index (χ1) is 67.8. The zero-order valence-electron chi connectivity index (χ0n) is 83.4. The summed E-state index contributed by atoms with van der Waals surface area (Å²) in [5.74, 6) is 5.93. The molecule has 0 N–H and O–H groups in total. The van der Waals surface area contributed by atoms with Gasteiger partial charge in [0.1, 0.15) is 0 Å². The van der Waals surface area contributed by atoms with Gasteiger partial charge >= 0.3 is 0 Å². The normalized spacial score (nSPS) is 21.1. The second-order valence-electron chi connectivity index (χ2n) is 47.0. The van der Waals surface area contributed by atoms with Gasteiger partial charge in [-0.3, -0.25) is 0 Å². The van der Waals surface area contributed by atoms with Gasteiger partial charge in [-0.05, 0) is 402 Å². The zero-order chi connectivity index (χ0) is 95.0. The van der Waals surface area contributed by atoms with E-state index in [9.17, 15) is 0 Å². The monoisotopic (exact) mass is 1850 g/mol. The highest BCUT2D eigenvalue weighted by atomic mass is 28.3. The third kappa shape index (κ3) is 14.9. The van der Waals surface area contributed by atoms with E-state index in [2.05, 4.69) is 489 Å². The van der Waals surface area contributed by atoms with E-state index < -0.39 is 16.1 Å². The Morgan fingerprint density at radius 2 is 0.550 bits per heavy atom. The summed E-state index contributed by atoms with van der Waals surface area (Å²) in [6, 6.07) is 149. The highest BCUT2D eigenvalue weighted by Gasteiger charge is 2.64. The molecule has 692 valence electrons. The Bertz CT molecular complexity index is 7630. The van der Waals surface area contributed by atoms with Crippen LogP contribution < -0.4 is 30.0 Å². The van der Waals surface area contributed by atoms with Gasteiger partial charge in [-0.15, -0.1) is 0 Å². The average molecular weight is 1850 g/mol. The summed E-state index contributed by atoms with van der Waals surface area (Å²) in [6.45, 7) is 28.5. The largest absolute Gasteiger partial charge is 0.310 e. The number of fused-ring (bicyclic) bond motifs is 12. The van der Waals surface area contributed by atoms with Crippen LogP contribution in [0.5, 0.6) is 0 Å². The molecule has 0 atom stereocenters. The van der Waals surface area contributed by atoms with Crippen molar-refractivity contribution in [1.29, 1.82) is 0 Å². The van der Waals surface area contributed by atoms with Crippen LogP contribution in [0, 0.1) is 47.3 Å². The van der Waals surface area contributed by atoms with Gasteiger partial charge in [0.25, 0.3) is 0 Å². The Morgan fingerprint density at radius 1 is 0.229 bits per heavy atom. The molecule has 2 spiro atoms. The van der Waals surface area contributed by atoms with Crippen LogP contribution in [0.4, 0.5) is 68.2 Å². The van der Waals surface area contributed by atoms with Crippen molar-refractivity contribution in [3.8, 4) is 44.5 Å². The van der Waals surface area contributed by atoms with Gasteiger partial charge in [0.15, 0.2) is 0 Å². The molecule has 8 fully saturated rings. The molecule has 0 amide bonds. The molecule has 0 aromatic heterocycles. The van der Waals surface area contributed by atoms with Crippen molar-refractivity contribution in [3.63, 3.8) is 0 Å². The van der Waals surface area contributed by atoms with Gasteiger partial charge in [-0.25, -0.2) is 0 Å². The summed E-state index contributed by atoms with van der Waals surface area (Å²) < 4.78 is 0. The Kier molecular flexibility index (Phi) is 21.2. The molecule has 4 nitrogen and oxygen atoms in total. The summed E-state index contributed by atoms with van der Waals surface area (Å²) >= 11 is 0. The summed E-state index contributed by atoms with van der Waals surface area (Å²) in [4.78, 5) is 10.00. The van der Waals surface area contributed by atoms with Gasteiger partial charge in [-0.1, -0.05) is 316 Å². The number of hydrogen-bond donors (Lipinski definition) is 0. The first kappa shape index (κ1) is 88.1. The van der Waals surface area contributed by atoms with Crippen LogP contribution in [0.3, 0.4) is 0 Å². The van der Waals surface area contributed by atoms with Crippen molar-refractivity contribution in [2.75, 3.05) is 19.6 Å². The third-order valence-corrected chi connectivity index (χ3v) is 38.7. The number of hydrogen-bond acceptors (Lipinski definition) is 4. The first-order valence-electron chi connectivity index (χ1n) is 52.2. The molecule has 0 heterocycles. The van der Waals surface area contributed by atoms with Crippen LogP contribution in [0.2, 0.25) is 39.3 Å². The minimum absolute atomic E-state index is 0.0201. The van der Waals surface area contributed by atoms with E-state index in [0.717, 1.165) is 35.0 Å². The predicted molar refractivity (Wildman–Crippen MR) is 602 cm³/mol. The Balaban J connectivity index is 0.000000148. The lowest BCUT2D eigenvalue weighted by atomic mass is 9.43. The lowest BCUT2D eigenvalue weighted by Crippen LogP contribution is -2.55. The first-order valence-corrected chi connectivity index (χ1v) is 59.2. The van der Waals surface area contributed by atoms with E-state index in [1.807, 2.05) is 0 Å². The topological polar surface area (TPSA) is 13.0 Å². The van der Waals surface area contributed by atoms with E-state index in [4.69, 9.17) is 0 Å². The summed E-state index contributed by atoms with van der Waals surface area (Å²) in [7, 11) is -2.96. The lowest BCUT2D eigenvalue weighted by molar-refractivity contribution is -0.0398. The fourth-order valence-corrected chi connectivity index (χ4v) is 30.7. The highest BCUT2D eigenvalue weighted by Crippen LogP contribution is 2.73. The van der Waals surface area contributed by atoms with Crippen molar-refractivity contribution in [2.45, 2.75) is 167 Å². The molecule has 18 aromatic carbocycles. The van der Waals surface area contributed by atoms with Crippen LogP contribution >= 0.6 is 0 Å². The predicted octanol–water partition coefficient (Wildman–Crippen LogP) is 36.3. The maximum atomic E-state index is 2.70. The molecule has 8 bridgehead atoms. The van der Waals surface area contributed by atoms with E-state index in [1.165, 1.54) is 230 Å². The number of benzene rings is 18. The minimum atomic E-state index is -1.49. The molecule has 10 aliphatic rings. The highest BCUT2D eigenvalue weighted by molar-refractivity contribution is 6.89. The smallest absolute Gasteiger partial charge is 0.0775 e. The molecule has 8 saturated carbocycles. The van der Waals surface area contributed by atoms with Crippen molar-refractivity contribution < 1.29 is 0 Å². The van der Waals surface area contributed by atoms with Gasteiger partial charge in [0, 0.05) is 78.8 Å². The van der Waals surface area contributed by atoms with E-state index in [0.29, 0.717) is 23.7 Å². The molecule has 0 aliphatic heterocycles. The Morgan fingerprint density at radius 3 is 0.971 bits per heavy atom. The van der Waals surface area contributed by atoms with Gasteiger partial charge in [-0.2, -0.15) is 0 Å². The van der Waals surface area contributed by atoms with Crippen molar-refractivity contribution in [2.24, 2.45) is 47.3 Å². The summed E-state index contributed by atoms with van der Waals surface area (Å²) in [6.07, 6.45) is 13.6. The molecular formula is C134H128N4Si2. The molecule has 10 aliphatic carbocycles. The van der Waals surface area contributed by atoms with Crippen molar-refractivity contribution >= 4 is 138 Å². The number of para-hydroxylation sites is 2. The average Bonchev–Trinajstić information content (AvgIpc) is 1.50. The maximum Gasteiger partial charge on any atom is 0.0775 e. The van der Waals surface area contributed by atoms with E-state index >= 15 is 0 Å². The molecular weight excluding hydrogens is 1720 g/mol. The van der Waals surface area contributed by atoms with Gasteiger partial charge in [0.05, 0.1) is 21.8 Å². The molecule has 6 heteroatoms. The second-order valence-corrected chi connectivity index (χ2v) is 57.1. The molecule has 28 rings (SSSR count). The maximum absolute atomic E-state index is 2.70. The van der Waals surface area contributed by atoms with Crippen LogP contribution in [-0.4, -0.2) is 16.1 Å². The van der Waals surface area contributed by atoms with Crippen molar-refractivity contribution in [3.05, 3.63) is 422 Å². The zero-order valence-corrected chi connectivity index (χ0v) is 85.4. The van der Waals surface area contributed by atoms with Crippen LogP contribution in [0.15, 0.2) is 388 Å². The third-order valence-electron chi connectivity index (χ3n) is 34.6. The molecule has 0 unspecified atom stereocenters. The standard InChI is InChI=1S/C68H76N2Si2.C66H52N2/c1-66(2,3)49-16-22-53(23-17-49)69(55-26-30-59(31-27-55)71(7,8)9)57-21-14-47-41-63-61-34-15-46-13-20-58(70(54-24-18-50(19-25-54)67(4,5)6)56-28-32-60(33-29-56)72(10,11)12)43-62(46)65(61)68(64(63)42-48(47)40-57)51-36-44-35-45(38-51)39-52(68)37-44;1-5-15-46(16-6-1)48-25-30-56(31-26-48)67(54-19-9-3-10-20-54)58-34-29-50-41-61-62(42-51(50)40-58)66(52-36-44-35-45(38-52)39-53(66)37-44)63-43-64(59-23-13-14-24-60(59)65(61)63)68(55-21-11-4-12-22-55)57-32-27-49(28-33-57)47-17-7-2-8-18-47/h13-34,40-45,51-52H,35-39H2,1-12H3;1-34,40-45,52-53H,35-39H2. The van der Waals surface area contributed by atoms with Crippen molar-refractivity contribution in [1.82, 2.24) is 0 Å². The van der Waals surface area contributed by atoms with Gasteiger partial charge in [0.2, 0.25) is 0 Å². The SMILES string of the molecule is CC(C)(C)c1ccc(N(c2ccc([Si](C)(C)C)cc2)c2ccc3cc4c(cc3c2)C2(c3c-4ccc4ccc(N(c5ccc(C(C)(C)C)cc5)c5ccc([Si](C)(C)C)cc5)cc34)C3CC4CC(C3)CC2C4)cc1.c1ccc(-c2ccc(N(c3ccccc3)c3ccc4cc5c(cc4c3)C3(c4cc(N(c6ccccc6)c6ccc(-c7ccccc7)cc6)c6ccccc6c4-5)C4CC5CC(C4)CC3C5)cc2)cc1. The lowest BCUT2D eigenvalue weighted by Gasteiger charge is -2.61. The van der Waals surface area contributed by atoms with Gasteiger partial charge < -0.3 is 19.6 Å². The quantitative estimate of drug-likeness (QED) is 0.0894. The fourth-order valence-electron chi connectivity index (χ4n) is 28.3. The van der Waals surface area contributed by atoms with E-state index in [-0.39, 0.29) is 21.7 Å². The van der Waals surface area contributed by atoms with E-state index in [1.54, 1.807) is 22.3 Å². The molecule has 0 saturated heterocycles. The van der Waals surface area contributed by atoms with Crippen LogP contribution in [0.1, 0.15) is 139 Å². The minimum Gasteiger partial charge on any atom is -0.310 e. The van der Waals surface area contributed by atoms with Crippen LogP contribution in [0.25, 0.3) is 87.6 Å². The molecule has 18 aromatic rings. The summed E-state index contributed by atoms with van der Waals surface area (Å²) in [5, 5.41) is 13.7. The Hall–Kier alpha value is -13.4. The number of nitrogens with zero attached hydrogens (tertiary/aromatic N) is 4.